The van der Waals surface area contributed by atoms with Crippen molar-refractivity contribution in [2.75, 3.05) is 33.0 Å². The third kappa shape index (κ3) is 9.26. The van der Waals surface area contributed by atoms with Crippen LogP contribution >= 0.6 is 11.6 Å². The number of methoxy groups -OCH3 is 2. The van der Waals surface area contributed by atoms with Gasteiger partial charge in [0, 0.05) is 46.6 Å². The zero-order chi connectivity index (χ0) is 41.0. The summed E-state index contributed by atoms with van der Waals surface area (Å²) in [7, 11) is 3.41. The summed E-state index contributed by atoms with van der Waals surface area (Å²) in [6.07, 6.45) is 9.08. The molecule has 3 aliphatic rings. The number of hydrogen-bond acceptors (Lipinski definition) is 8. The maximum Gasteiger partial charge on any atom is 0.490 e. The number of aromatic nitrogens is 4. The summed E-state index contributed by atoms with van der Waals surface area (Å²) in [6, 6.07) is 21.2. The molecule has 0 radical (unpaired) electrons. The number of aryl methyl sites for hydroxylation is 2. The van der Waals surface area contributed by atoms with E-state index in [9.17, 15) is 13.2 Å². The van der Waals surface area contributed by atoms with Gasteiger partial charge in [-0.25, -0.2) is 4.79 Å². The molecular weight excluding hydrogens is 769 g/mol. The number of rotatable bonds is 12. The largest absolute Gasteiger partial charge is 0.493 e. The van der Waals surface area contributed by atoms with E-state index in [1.54, 1.807) is 19.8 Å². The van der Waals surface area contributed by atoms with Crippen LogP contribution in [0.1, 0.15) is 84.1 Å². The van der Waals surface area contributed by atoms with Gasteiger partial charge in [-0.3, -0.25) is 14.6 Å². The molecule has 0 saturated carbocycles. The number of hydrogen-bond donors (Lipinski definition) is 2. The van der Waals surface area contributed by atoms with E-state index in [-0.39, 0.29) is 6.04 Å². The van der Waals surface area contributed by atoms with E-state index in [1.165, 1.54) is 34.4 Å². The molecule has 2 aliphatic carbocycles. The molecule has 58 heavy (non-hydrogen) atoms. The highest BCUT2D eigenvalue weighted by molar-refractivity contribution is 6.31. The predicted octanol–water partition coefficient (Wildman–Crippen LogP) is 9.14. The molecule has 3 unspecified atom stereocenters. The van der Waals surface area contributed by atoms with Crippen LogP contribution in [0.25, 0.3) is 10.9 Å². The van der Waals surface area contributed by atoms with Crippen molar-refractivity contribution in [2.24, 2.45) is 5.92 Å². The van der Waals surface area contributed by atoms with Crippen LogP contribution in [0.5, 0.6) is 11.5 Å². The molecule has 3 aromatic carbocycles. The normalized spacial score (nSPS) is 18.7. The highest BCUT2D eigenvalue weighted by Crippen LogP contribution is 2.47. The van der Waals surface area contributed by atoms with Crippen molar-refractivity contribution < 1.29 is 32.5 Å². The minimum Gasteiger partial charge on any atom is -0.493 e. The molecule has 8 rings (SSSR count). The Balaban J connectivity index is 0.000000672. The quantitative estimate of drug-likeness (QED) is 0.0936. The van der Waals surface area contributed by atoms with Gasteiger partial charge in [-0.15, -0.1) is 5.10 Å². The summed E-state index contributed by atoms with van der Waals surface area (Å²) in [5.41, 5.74) is 17.6. The smallest absolute Gasteiger partial charge is 0.490 e. The van der Waals surface area contributed by atoms with Gasteiger partial charge >= 0.3 is 12.1 Å². The molecule has 1 aliphatic heterocycles. The van der Waals surface area contributed by atoms with Crippen LogP contribution in [-0.4, -0.2) is 69.4 Å². The van der Waals surface area contributed by atoms with E-state index in [4.69, 9.17) is 41.7 Å². The number of halogens is 4. The van der Waals surface area contributed by atoms with Crippen LogP contribution in [0.4, 0.5) is 18.9 Å². The van der Waals surface area contributed by atoms with Crippen LogP contribution < -0.4 is 15.2 Å². The number of benzene rings is 3. The first kappa shape index (κ1) is 41.0. The monoisotopic (exact) mass is 816 g/mol. The van der Waals surface area contributed by atoms with Gasteiger partial charge in [-0.2, -0.15) is 13.2 Å². The third-order valence-corrected chi connectivity index (χ3v) is 11.7. The van der Waals surface area contributed by atoms with E-state index in [2.05, 4.69) is 69.9 Å². The first-order valence-corrected chi connectivity index (χ1v) is 20.1. The topological polar surface area (TPSA) is 129 Å². The number of fused-ring (bicyclic) bond motifs is 6. The summed E-state index contributed by atoms with van der Waals surface area (Å²) in [5, 5.41) is 17.9. The lowest BCUT2D eigenvalue weighted by Crippen LogP contribution is -2.37. The van der Waals surface area contributed by atoms with Gasteiger partial charge in [0.15, 0.2) is 11.5 Å². The van der Waals surface area contributed by atoms with Crippen LogP contribution in [-0.2, 0) is 30.6 Å². The Labute approximate surface area is 340 Å². The van der Waals surface area contributed by atoms with Gasteiger partial charge < -0.3 is 20.3 Å². The van der Waals surface area contributed by atoms with Crippen LogP contribution in [0, 0.1) is 5.92 Å². The Morgan fingerprint density at radius 3 is 2.48 bits per heavy atom. The number of unbranched alkanes of at least 4 members (excludes halogenated alkanes) is 1. The zero-order valence-corrected chi connectivity index (χ0v) is 33.4. The minimum atomic E-state index is -5.08. The first-order valence-electron chi connectivity index (χ1n) is 19.7. The van der Waals surface area contributed by atoms with E-state index in [0.29, 0.717) is 16.9 Å². The lowest BCUT2D eigenvalue weighted by atomic mass is 9.70. The predicted molar refractivity (Wildman–Crippen MR) is 217 cm³/mol. The number of carboxylic acid groups (broad SMARTS) is 1. The molecule has 0 saturated heterocycles. The van der Waals surface area contributed by atoms with E-state index in [1.807, 2.05) is 22.9 Å². The van der Waals surface area contributed by atoms with Crippen molar-refractivity contribution in [1.82, 2.24) is 24.9 Å². The number of carbonyl (C=O) groups is 1. The number of anilines is 1. The van der Waals surface area contributed by atoms with Gasteiger partial charge in [0.1, 0.15) is 0 Å². The second-order valence-corrected chi connectivity index (χ2v) is 15.8. The lowest BCUT2D eigenvalue weighted by molar-refractivity contribution is -0.192. The number of allylic oxidation sites excluding steroid dienone is 2. The molecule has 0 spiro atoms. The van der Waals surface area contributed by atoms with Gasteiger partial charge in [-0.05, 0) is 123 Å². The number of alkyl halides is 3. The SMILES string of the molecule is COc1cc2c(cc1OC)C(c1ccccc1)N(CCCc1cn(CCCCC3=CC4Cc5nc6cc(Cl)ccc6c(N)c5C(C3)C4)nn1)CC2.O=C(O)C(F)(F)F. The fraction of sp³-hybridized carbons (Fsp3) is 0.409. The standard InChI is InChI=1S/C42H47ClN6O2.C2HF3O2/c1-50-38-23-30-15-18-48(42(29-10-4-3-5-11-29)35(30)25-39(38)51-2)16-8-12-33-26-49(47-46-33)17-7-6-9-27-19-28-21-31(20-27)40-37(22-28)45-36-24-32(43)13-14-34(36)41(40)44;3-2(4,5)1(6)7/h3-5,10-11,13-14,19,23-26,28,31,42H,6-9,12,15-18,20-22H2,1-2H3,(H2,44,45);(H,6,7). The Morgan fingerprint density at radius 1 is 0.983 bits per heavy atom. The van der Waals surface area contributed by atoms with Gasteiger partial charge in [0.05, 0.1) is 31.5 Å². The molecule has 0 amide bonds. The second-order valence-electron chi connectivity index (χ2n) is 15.3. The number of pyridine rings is 1. The summed E-state index contributed by atoms with van der Waals surface area (Å²) >= 11 is 6.26. The fourth-order valence-corrected chi connectivity index (χ4v) is 9.06. The Morgan fingerprint density at radius 2 is 1.74 bits per heavy atom. The maximum atomic E-state index is 10.6. The van der Waals surface area contributed by atoms with Crippen molar-refractivity contribution in [1.29, 1.82) is 0 Å². The zero-order valence-electron chi connectivity index (χ0n) is 32.6. The molecule has 2 aromatic heterocycles. The maximum absolute atomic E-state index is 10.6. The van der Waals surface area contributed by atoms with Crippen molar-refractivity contribution in [3.8, 4) is 11.5 Å². The molecule has 3 N–H and O–H groups in total. The molecule has 3 heterocycles. The number of carboxylic acids is 1. The Hall–Kier alpha value is -5.14. The van der Waals surface area contributed by atoms with Crippen molar-refractivity contribution >= 4 is 34.2 Å². The Kier molecular flexibility index (Phi) is 12.6. The molecule has 14 heteroatoms. The average molecular weight is 817 g/mol. The number of nitrogens with zero attached hydrogens (tertiary/aromatic N) is 5. The Bertz CT molecular complexity index is 2280. The highest BCUT2D eigenvalue weighted by atomic mass is 35.5. The number of ether oxygens (including phenoxy) is 2. The second kappa shape index (κ2) is 17.8. The van der Waals surface area contributed by atoms with E-state index >= 15 is 0 Å². The summed E-state index contributed by atoms with van der Waals surface area (Å²) < 4.78 is 45.1. The molecule has 3 atom stereocenters. The van der Waals surface area contributed by atoms with Gasteiger partial charge in [0.2, 0.25) is 0 Å². The van der Waals surface area contributed by atoms with Gasteiger partial charge in [0.25, 0.3) is 0 Å². The number of nitrogen functional groups attached to an aromatic ring is 1. The van der Waals surface area contributed by atoms with Crippen molar-refractivity contribution in [2.45, 2.75) is 82.5 Å². The van der Waals surface area contributed by atoms with Crippen LogP contribution in [0.15, 0.2) is 78.5 Å². The third-order valence-electron chi connectivity index (χ3n) is 11.5. The summed E-state index contributed by atoms with van der Waals surface area (Å²) in [5.74, 6) is -0.183. The summed E-state index contributed by atoms with van der Waals surface area (Å²) in [4.78, 5) is 16.5. The molecule has 10 nitrogen and oxygen atoms in total. The molecule has 0 fully saturated rings. The number of nitrogens with two attached hydrogens (primary N) is 1. The number of aliphatic carboxylic acids is 1. The van der Waals surface area contributed by atoms with E-state index < -0.39 is 12.1 Å². The van der Waals surface area contributed by atoms with Crippen molar-refractivity contribution in [3.63, 3.8) is 0 Å². The van der Waals surface area contributed by atoms with E-state index in [0.717, 1.165) is 105 Å². The average Bonchev–Trinajstić information content (AvgIpc) is 3.66. The molecule has 2 bridgehead atoms. The highest BCUT2D eigenvalue weighted by Gasteiger charge is 2.38. The lowest BCUT2D eigenvalue weighted by Gasteiger charge is -2.38. The fourth-order valence-electron chi connectivity index (χ4n) is 8.89. The molecule has 5 aromatic rings. The van der Waals surface area contributed by atoms with Gasteiger partial charge in [-0.1, -0.05) is 58.8 Å². The van der Waals surface area contributed by atoms with Crippen molar-refractivity contribution in [3.05, 3.63) is 117 Å². The first-order chi connectivity index (χ1) is 27.9. The molecular formula is C44H48ClF3N6O4. The minimum absolute atomic E-state index is 0.174. The summed E-state index contributed by atoms with van der Waals surface area (Å²) in [6.45, 7) is 2.87. The van der Waals surface area contributed by atoms with Crippen LogP contribution in [0.3, 0.4) is 0 Å². The molecule has 306 valence electrons. The van der Waals surface area contributed by atoms with Crippen LogP contribution in [0.2, 0.25) is 5.02 Å².